The van der Waals surface area contributed by atoms with E-state index in [0.717, 1.165) is 17.7 Å². The van der Waals surface area contributed by atoms with Crippen molar-refractivity contribution < 1.29 is 19.4 Å². The van der Waals surface area contributed by atoms with Gasteiger partial charge in [0, 0.05) is 17.1 Å². The summed E-state index contributed by atoms with van der Waals surface area (Å²) in [6, 6.07) is 18.4. The van der Waals surface area contributed by atoms with Crippen LogP contribution in [0.4, 0.5) is 0 Å². The summed E-state index contributed by atoms with van der Waals surface area (Å²) in [5.41, 5.74) is 2.35. The van der Waals surface area contributed by atoms with E-state index in [1.807, 2.05) is 18.2 Å². The Bertz CT molecular complexity index is 683. The number of aryl methyl sites for hydroxylation is 1. The van der Waals surface area contributed by atoms with Gasteiger partial charge in [-0.3, -0.25) is 9.59 Å². The number of benzene rings is 2. The van der Waals surface area contributed by atoms with E-state index in [1.54, 1.807) is 11.8 Å². The number of carbonyl (C=O) groups is 2. The van der Waals surface area contributed by atoms with Crippen LogP contribution in [0.3, 0.4) is 0 Å². The molecule has 2 aromatic rings. The highest BCUT2D eigenvalue weighted by Crippen LogP contribution is 2.19. The third-order valence-electron chi connectivity index (χ3n) is 3.80. The van der Waals surface area contributed by atoms with E-state index < -0.39 is 5.97 Å². The van der Waals surface area contributed by atoms with Gasteiger partial charge in [-0.05, 0) is 36.1 Å². The van der Waals surface area contributed by atoms with Crippen molar-refractivity contribution in [3.63, 3.8) is 0 Å². The maximum absolute atomic E-state index is 11.4. The maximum Gasteiger partial charge on any atom is 0.310 e. The molecule has 5 heteroatoms. The summed E-state index contributed by atoms with van der Waals surface area (Å²) in [5.74, 6) is -0.361. The van der Waals surface area contributed by atoms with Crippen molar-refractivity contribution in [2.75, 3.05) is 12.4 Å². The molecule has 1 N–H and O–H groups in total. The van der Waals surface area contributed by atoms with Crippen LogP contribution in [-0.4, -0.2) is 29.2 Å². The summed E-state index contributed by atoms with van der Waals surface area (Å²) in [6.45, 7) is 1.34. The van der Waals surface area contributed by atoms with Gasteiger partial charge in [0.25, 0.3) is 0 Å². The van der Waals surface area contributed by atoms with Crippen molar-refractivity contribution in [3.05, 3.63) is 65.7 Å². The fraction of sp³-hybridized carbons (Fsp3) is 0.333. The minimum atomic E-state index is -1.05. The van der Waals surface area contributed by atoms with Gasteiger partial charge in [-0.25, -0.2) is 0 Å². The van der Waals surface area contributed by atoms with Gasteiger partial charge in [0.2, 0.25) is 0 Å². The van der Waals surface area contributed by atoms with E-state index in [4.69, 9.17) is 9.84 Å². The first kappa shape index (κ1) is 20.2. The summed E-state index contributed by atoms with van der Waals surface area (Å²) < 4.78 is 5.67. The molecule has 0 bridgehead atoms. The van der Waals surface area contributed by atoms with Crippen LogP contribution in [0.2, 0.25) is 0 Å². The van der Waals surface area contributed by atoms with Gasteiger partial charge >= 0.3 is 5.97 Å². The van der Waals surface area contributed by atoms with Crippen molar-refractivity contribution >= 4 is 23.5 Å². The van der Waals surface area contributed by atoms with Gasteiger partial charge in [0.05, 0.1) is 13.2 Å². The topological polar surface area (TPSA) is 63.6 Å². The lowest BCUT2D eigenvalue weighted by molar-refractivity contribution is -0.140. The number of rotatable bonds is 12. The number of carbonyl (C=O) groups excluding carboxylic acids is 1. The molecule has 0 radical (unpaired) electrons. The summed E-state index contributed by atoms with van der Waals surface area (Å²) in [4.78, 5) is 23.0. The molecule has 0 fully saturated rings. The monoisotopic (exact) mass is 372 g/mol. The number of thioether (sulfide) groups is 1. The molecule has 0 saturated carbocycles. The average Bonchev–Trinajstić information content (AvgIpc) is 2.63. The van der Waals surface area contributed by atoms with Crippen LogP contribution in [0.25, 0.3) is 0 Å². The molecule has 0 spiro atoms. The van der Waals surface area contributed by atoms with E-state index in [2.05, 4.69) is 36.4 Å². The zero-order valence-electron chi connectivity index (χ0n) is 14.7. The number of hydrogen-bond donors (Lipinski definition) is 1. The van der Waals surface area contributed by atoms with Crippen LogP contribution < -0.4 is 0 Å². The van der Waals surface area contributed by atoms with Crippen LogP contribution in [0.1, 0.15) is 30.4 Å². The first-order chi connectivity index (χ1) is 12.6. The standard InChI is InChI=1S/C21H24O4S/c22-19(15-21(23)24)8-4-7-17-9-11-20(12-10-17)26-14-13-25-16-18-5-2-1-3-6-18/h1-3,5-6,9-12H,4,7-8,13-16H2,(H,23,24). The minimum Gasteiger partial charge on any atom is -0.481 e. The van der Waals surface area contributed by atoms with Crippen LogP contribution in [0, 0.1) is 0 Å². The van der Waals surface area contributed by atoms with E-state index in [1.165, 1.54) is 10.5 Å². The van der Waals surface area contributed by atoms with Crippen molar-refractivity contribution in [2.45, 2.75) is 37.2 Å². The number of ether oxygens (including phenoxy) is 1. The van der Waals surface area contributed by atoms with Gasteiger partial charge in [0.1, 0.15) is 12.2 Å². The SMILES string of the molecule is O=C(O)CC(=O)CCCc1ccc(SCCOCc2ccccc2)cc1. The lowest BCUT2D eigenvalue weighted by atomic mass is 10.1. The first-order valence-corrected chi connectivity index (χ1v) is 9.69. The van der Waals surface area contributed by atoms with Gasteiger partial charge < -0.3 is 9.84 Å². The molecule has 2 rings (SSSR count). The van der Waals surface area contributed by atoms with Crippen LogP contribution >= 0.6 is 11.8 Å². The highest BCUT2D eigenvalue weighted by molar-refractivity contribution is 7.99. The number of carboxylic acid groups (broad SMARTS) is 1. The second-order valence-corrected chi connectivity index (χ2v) is 7.16. The van der Waals surface area contributed by atoms with Crippen LogP contribution in [-0.2, 0) is 27.4 Å². The Morgan fingerprint density at radius 3 is 2.38 bits per heavy atom. The fourth-order valence-corrected chi connectivity index (χ4v) is 3.25. The highest BCUT2D eigenvalue weighted by atomic mass is 32.2. The smallest absolute Gasteiger partial charge is 0.310 e. The normalized spacial score (nSPS) is 10.6. The summed E-state index contributed by atoms with van der Waals surface area (Å²) >= 11 is 1.76. The minimum absolute atomic E-state index is 0.208. The molecule has 0 saturated heterocycles. The molecule has 0 aliphatic carbocycles. The molecular weight excluding hydrogens is 348 g/mol. The second-order valence-electron chi connectivity index (χ2n) is 5.99. The molecule has 138 valence electrons. The molecule has 0 unspecified atom stereocenters. The predicted octanol–water partition coefficient (Wildman–Crippen LogP) is 4.36. The number of hydrogen-bond acceptors (Lipinski definition) is 4. The van der Waals surface area contributed by atoms with E-state index in [0.29, 0.717) is 26.1 Å². The zero-order chi connectivity index (χ0) is 18.6. The van der Waals surface area contributed by atoms with E-state index in [9.17, 15) is 9.59 Å². The van der Waals surface area contributed by atoms with Crippen molar-refractivity contribution in [2.24, 2.45) is 0 Å². The Hall–Kier alpha value is -2.11. The van der Waals surface area contributed by atoms with Gasteiger partial charge in [0.15, 0.2) is 0 Å². The largest absolute Gasteiger partial charge is 0.481 e. The molecule has 2 aromatic carbocycles. The number of carboxylic acids is 1. The molecule has 0 aliphatic rings. The van der Waals surface area contributed by atoms with Crippen LogP contribution in [0.5, 0.6) is 0 Å². The Kier molecular flexibility index (Phi) is 8.93. The molecule has 0 heterocycles. The third-order valence-corrected chi connectivity index (χ3v) is 4.78. The summed E-state index contributed by atoms with van der Waals surface area (Å²) in [6.07, 6.45) is 1.42. The Balaban J connectivity index is 1.59. The lowest BCUT2D eigenvalue weighted by Crippen LogP contribution is -2.06. The second kappa shape index (κ2) is 11.5. The van der Waals surface area contributed by atoms with Crippen molar-refractivity contribution in [1.82, 2.24) is 0 Å². The van der Waals surface area contributed by atoms with Crippen molar-refractivity contribution in [1.29, 1.82) is 0 Å². The molecule has 4 nitrogen and oxygen atoms in total. The summed E-state index contributed by atoms with van der Waals surface area (Å²) in [7, 11) is 0. The fourth-order valence-electron chi connectivity index (χ4n) is 2.48. The average molecular weight is 372 g/mol. The molecule has 26 heavy (non-hydrogen) atoms. The number of aliphatic carboxylic acids is 1. The molecular formula is C21H24O4S. The Labute approximate surface area is 158 Å². The highest BCUT2D eigenvalue weighted by Gasteiger charge is 2.07. The molecule has 0 aliphatic heterocycles. The predicted molar refractivity (Wildman–Crippen MR) is 103 cm³/mol. The Morgan fingerprint density at radius 2 is 1.69 bits per heavy atom. The van der Waals surface area contributed by atoms with Gasteiger partial charge in [-0.15, -0.1) is 11.8 Å². The summed E-state index contributed by atoms with van der Waals surface area (Å²) in [5, 5.41) is 8.56. The number of ketones is 1. The Morgan fingerprint density at radius 1 is 0.962 bits per heavy atom. The third kappa shape index (κ3) is 8.32. The lowest BCUT2D eigenvalue weighted by Gasteiger charge is -2.06. The van der Waals surface area contributed by atoms with E-state index in [-0.39, 0.29) is 12.2 Å². The quantitative estimate of drug-likeness (QED) is 0.341. The van der Waals surface area contributed by atoms with E-state index >= 15 is 0 Å². The first-order valence-electron chi connectivity index (χ1n) is 8.70. The van der Waals surface area contributed by atoms with Crippen LogP contribution in [0.15, 0.2) is 59.5 Å². The zero-order valence-corrected chi connectivity index (χ0v) is 15.5. The van der Waals surface area contributed by atoms with Gasteiger partial charge in [-0.2, -0.15) is 0 Å². The molecule has 0 amide bonds. The molecule has 0 aromatic heterocycles. The number of Topliss-reactive ketones (excluding diaryl/α,β-unsaturated/α-hetero) is 1. The van der Waals surface area contributed by atoms with Gasteiger partial charge in [-0.1, -0.05) is 42.5 Å². The molecule has 0 atom stereocenters. The maximum atomic E-state index is 11.4. The van der Waals surface area contributed by atoms with Crippen molar-refractivity contribution in [3.8, 4) is 0 Å².